The second-order valence-corrected chi connectivity index (χ2v) is 5.68. The molecule has 16 heavy (non-hydrogen) atoms. The van der Waals surface area contributed by atoms with Crippen LogP contribution in [0.2, 0.25) is 0 Å². The number of hydrogen-bond donors (Lipinski definition) is 0. The van der Waals surface area contributed by atoms with Crippen molar-refractivity contribution in [1.82, 2.24) is 0 Å². The summed E-state index contributed by atoms with van der Waals surface area (Å²) in [6.07, 6.45) is -2.19. The lowest BCUT2D eigenvalue weighted by molar-refractivity contribution is -0.185. The normalized spacial score (nSPS) is 28.1. The van der Waals surface area contributed by atoms with Crippen LogP contribution in [0.25, 0.3) is 0 Å². The quantitative estimate of drug-likeness (QED) is 0.701. The molecule has 0 radical (unpaired) electrons. The molecule has 0 spiro atoms. The van der Waals surface area contributed by atoms with Crippen molar-refractivity contribution in [3.63, 3.8) is 0 Å². The van der Waals surface area contributed by atoms with Gasteiger partial charge in [-0.25, -0.2) is 0 Å². The van der Waals surface area contributed by atoms with Gasteiger partial charge in [-0.05, 0) is 52.4 Å². The van der Waals surface area contributed by atoms with Gasteiger partial charge in [0, 0.05) is 0 Å². The fourth-order valence-corrected chi connectivity index (χ4v) is 2.02. The SMILES string of the molecule is CC(C)(C)OCC1CCC(C(F)(F)F)CC1. The van der Waals surface area contributed by atoms with Crippen LogP contribution in [0.1, 0.15) is 46.5 Å². The van der Waals surface area contributed by atoms with Gasteiger partial charge in [0.05, 0.1) is 18.1 Å². The second-order valence-electron chi connectivity index (χ2n) is 5.68. The average molecular weight is 238 g/mol. The summed E-state index contributed by atoms with van der Waals surface area (Å²) >= 11 is 0. The third kappa shape index (κ3) is 4.73. The van der Waals surface area contributed by atoms with E-state index in [2.05, 4.69) is 0 Å². The van der Waals surface area contributed by atoms with Crippen molar-refractivity contribution < 1.29 is 17.9 Å². The van der Waals surface area contributed by atoms with Crippen molar-refractivity contribution in [1.29, 1.82) is 0 Å². The van der Waals surface area contributed by atoms with Crippen LogP contribution in [0, 0.1) is 11.8 Å². The van der Waals surface area contributed by atoms with Gasteiger partial charge in [-0.3, -0.25) is 0 Å². The van der Waals surface area contributed by atoms with Crippen molar-refractivity contribution in [3.8, 4) is 0 Å². The standard InChI is InChI=1S/C12H21F3O/c1-11(2,3)16-8-9-4-6-10(7-5-9)12(13,14)15/h9-10H,4-8H2,1-3H3. The topological polar surface area (TPSA) is 9.23 Å². The van der Waals surface area contributed by atoms with E-state index in [-0.39, 0.29) is 18.4 Å². The van der Waals surface area contributed by atoms with Gasteiger partial charge in [0.15, 0.2) is 0 Å². The van der Waals surface area contributed by atoms with Crippen molar-refractivity contribution >= 4 is 0 Å². The molecule has 1 fully saturated rings. The zero-order valence-corrected chi connectivity index (χ0v) is 10.2. The largest absolute Gasteiger partial charge is 0.391 e. The molecule has 1 rings (SSSR count). The molecule has 0 N–H and O–H groups in total. The molecular weight excluding hydrogens is 217 g/mol. The maximum atomic E-state index is 12.4. The van der Waals surface area contributed by atoms with Gasteiger partial charge in [0.1, 0.15) is 0 Å². The molecule has 0 aromatic carbocycles. The van der Waals surface area contributed by atoms with Gasteiger partial charge in [-0.1, -0.05) is 0 Å². The first-order chi connectivity index (χ1) is 7.18. The van der Waals surface area contributed by atoms with Crippen molar-refractivity contribution in [2.24, 2.45) is 11.8 Å². The number of halogens is 3. The van der Waals surface area contributed by atoms with Gasteiger partial charge in [0.25, 0.3) is 0 Å². The fourth-order valence-electron chi connectivity index (χ4n) is 2.02. The lowest BCUT2D eigenvalue weighted by Gasteiger charge is -2.31. The Morgan fingerprint density at radius 3 is 1.88 bits per heavy atom. The van der Waals surface area contributed by atoms with E-state index in [1.807, 2.05) is 20.8 Å². The van der Waals surface area contributed by atoms with Gasteiger partial charge < -0.3 is 4.74 Å². The van der Waals surface area contributed by atoms with E-state index in [1.54, 1.807) is 0 Å². The molecule has 0 heterocycles. The lowest BCUT2D eigenvalue weighted by Crippen LogP contribution is -2.30. The van der Waals surface area contributed by atoms with Crippen molar-refractivity contribution in [2.45, 2.75) is 58.2 Å². The molecule has 1 saturated carbocycles. The third-order valence-corrected chi connectivity index (χ3v) is 3.06. The fraction of sp³-hybridized carbons (Fsp3) is 1.00. The Kier molecular flexibility index (Phi) is 4.27. The number of hydrogen-bond acceptors (Lipinski definition) is 1. The molecule has 1 aliphatic rings. The molecule has 0 amide bonds. The van der Waals surface area contributed by atoms with E-state index in [1.165, 1.54) is 0 Å². The van der Waals surface area contributed by atoms with E-state index in [4.69, 9.17) is 4.74 Å². The molecule has 0 bridgehead atoms. The molecule has 1 nitrogen and oxygen atoms in total. The number of ether oxygens (including phenoxy) is 1. The highest BCUT2D eigenvalue weighted by molar-refractivity contribution is 4.77. The Bertz CT molecular complexity index is 209. The van der Waals surface area contributed by atoms with Gasteiger partial charge in [-0.2, -0.15) is 13.2 Å². The van der Waals surface area contributed by atoms with E-state index < -0.39 is 12.1 Å². The summed E-state index contributed by atoms with van der Waals surface area (Å²) in [5.74, 6) is -0.781. The highest BCUT2D eigenvalue weighted by Gasteiger charge is 2.41. The predicted molar refractivity (Wildman–Crippen MR) is 57.2 cm³/mol. The minimum atomic E-state index is -4.00. The third-order valence-electron chi connectivity index (χ3n) is 3.06. The summed E-state index contributed by atoms with van der Waals surface area (Å²) in [6, 6.07) is 0. The summed E-state index contributed by atoms with van der Waals surface area (Å²) in [5.41, 5.74) is -0.194. The monoisotopic (exact) mass is 238 g/mol. The first-order valence-corrected chi connectivity index (χ1v) is 5.89. The first-order valence-electron chi connectivity index (χ1n) is 5.89. The summed E-state index contributed by atoms with van der Waals surface area (Å²) in [5, 5.41) is 0. The number of rotatable bonds is 2. The van der Waals surface area contributed by atoms with Crippen LogP contribution in [0.5, 0.6) is 0 Å². The summed E-state index contributed by atoms with van der Waals surface area (Å²) in [6.45, 7) is 6.49. The molecular formula is C12H21F3O. The summed E-state index contributed by atoms with van der Waals surface area (Å²) in [4.78, 5) is 0. The summed E-state index contributed by atoms with van der Waals surface area (Å²) < 4.78 is 42.8. The van der Waals surface area contributed by atoms with Gasteiger partial charge in [-0.15, -0.1) is 0 Å². The Labute approximate surface area is 95.4 Å². The molecule has 1 aliphatic carbocycles. The molecule has 0 unspecified atom stereocenters. The molecule has 0 saturated heterocycles. The van der Waals surface area contributed by atoms with Crippen molar-refractivity contribution in [3.05, 3.63) is 0 Å². The second kappa shape index (κ2) is 4.94. The smallest absolute Gasteiger partial charge is 0.376 e. The van der Waals surface area contributed by atoms with Crippen LogP contribution in [-0.4, -0.2) is 18.4 Å². The Hall–Kier alpha value is -0.250. The van der Waals surface area contributed by atoms with Gasteiger partial charge in [0.2, 0.25) is 0 Å². The highest BCUT2D eigenvalue weighted by Crippen LogP contribution is 2.39. The molecule has 0 aromatic rings. The molecule has 4 heteroatoms. The van der Waals surface area contributed by atoms with Crippen LogP contribution in [-0.2, 0) is 4.74 Å². The Morgan fingerprint density at radius 1 is 1.00 bits per heavy atom. The average Bonchev–Trinajstić information content (AvgIpc) is 2.13. The van der Waals surface area contributed by atoms with Crippen LogP contribution in [0.3, 0.4) is 0 Å². The minimum absolute atomic E-state index is 0.194. The maximum Gasteiger partial charge on any atom is 0.391 e. The summed E-state index contributed by atoms with van der Waals surface area (Å²) in [7, 11) is 0. The van der Waals surface area contributed by atoms with Crippen LogP contribution in [0.4, 0.5) is 13.2 Å². The number of alkyl halides is 3. The zero-order valence-electron chi connectivity index (χ0n) is 10.2. The van der Waals surface area contributed by atoms with E-state index >= 15 is 0 Å². The van der Waals surface area contributed by atoms with E-state index in [9.17, 15) is 13.2 Å². The van der Waals surface area contributed by atoms with Crippen molar-refractivity contribution in [2.75, 3.05) is 6.61 Å². The van der Waals surface area contributed by atoms with E-state index in [0.717, 1.165) is 0 Å². The molecule has 0 atom stereocenters. The van der Waals surface area contributed by atoms with E-state index in [0.29, 0.717) is 25.4 Å². The molecule has 0 aliphatic heterocycles. The minimum Gasteiger partial charge on any atom is -0.376 e. The zero-order chi connectivity index (χ0) is 12.4. The first kappa shape index (κ1) is 13.8. The van der Waals surface area contributed by atoms with Crippen LogP contribution >= 0.6 is 0 Å². The highest BCUT2D eigenvalue weighted by atomic mass is 19.4. The Balaban J connectivity index is 2.28. The van der Waals surface area contributed by atoms with Gasteiger partial charge >= 0.3 is 6.18 Å². The maximum absolute atomic E-state index is 12.4. The van der Waals surface area contributed by atoms with Crippen LogP contribution in [0.15, 0.2) is 0 Å². The predicted octanol–water partition coefficient (Wildman–Crippen LogP) is 4.17. The molecule has 96 valence electrons. The lowest BCUT2D eigenvalue weighted by atomic mass is 9.82. The molecule has 0 aromatic heterocycles. The van der Waals surface area contributed by atoms with Crippen LogP contribution < -0.4 is 0 Å². The Morgan fingerprint density at radius 2 is 1.50 bits per heavy atom.